The molecule has 1 heterocycles. The summed E-state index contributed by atoms with van der Waals surface area (Å²) >= 11 is 0. The molecule has 1 aromatic rings. The van der Waals surface area contributed by atoms with Gasteiger partial charge in [-0.3, -0.25) is 4.90 Å². The average molecular weight is 349 g/mol. The Labute approximate surface area is 145 Å². The van der Waals surface area contributed by atoms with Crippen LogP contribution in [0.3, 0.4) is 0 Å². The summed E-state index contributed by atoms with van der Waals surface area (Å²) in [6.07, 6.45) is 2.86. The number of ether oxygens (including phenoxy) is 2. The van der Waals surface area contributed by atoms with E-state index in [1.807, 2.05) is 24.3 Å². The first-order valence-corrected chi connectivity index (χ1v) is 7.08. The number of piperazine rings is 1. The highest BCUT2D eigenvalue weighted by Crippen LogP contribution is 2.39. The number of hydrogen-bond donors (Lipinski definition) is 1. The first kappa shape index (κ1) is 21.1. The molecule has 1 fully saturated rings. The van der Waals surface area contributed by atoms with Crippen molar-refractivity contribution < 1.29 is 9.47 Å². The van der Waals surface area contributed by atoms with Crippen molar-refractivity contribution in [2.45, 2.75) is 12.5 Å². The number of nitrogens with zero attached hydrogens (tertiary/aromatic N) is 1. The molecule has 1 saturated heterocycles. The minimum Gasteiger partial charge on any atom is -0.496 e. The van der Waals surface area contributed by atoms with Gasteiger partial charge in [-0.15, -0.1) is 31.4 Å². The van der Waals surface area contributed by atoms with Crippen molar-refractivity contribution in [2.24, 2.45) is 0 Å². The Morgan fingerprint density at radius 1 is 1.18 bits per heavy atom. The maximum Gasteiger partial charge on any atom is 0.127 e. The summed E-state index contributed by atoms with van der Waals surface area (Å²) in [6, 6.07) is 6.21. The van der Waals surface area contributed by atoms with Crippen LogP contribution in [-0.4, -0.2) is 45.3 Å². The third-order valence-corrected chi connectivity index (χ3v) is 3.78. The van der Waals surface area contributed by atoms with Crippen LogP contribution in [0.25, 0.3) is 0 Å². The highest BCUT2D eigenvalue weighted by atomic mass is 35.5. The molecule has 0 aromatic heterocycles. The Morgan fingerprint density at radius 3 is 2.18 bits per heavy atom. The molecular weight excluding hydrogens is 323 g/mol. The standard InChI is InChI=1S/C16H24N2O2.2ClH/c1-4-6-13(18-11-9-17-10-12-18)16-14(19-2)7-5-8-15(16)20-3;;/h4-5,7-8,13,17H,1,6,9-12H2,2-3H3;2*1H/t13-;;/m0../s1. The number of benzene rings is 1. The van der Waals surface area contributed by atoms with E-state index in [9.17, 15) is 0 Å². The molecule has 0 amide bonds. The molecule has 126 valence electrons. The van der Waals surface area contributed by atoms with Crippen LogP contribution in [0.15, 0.2) is 30.9 Å². The molecule has 0 bridgehead atoms. The van der Waals surface area contributed by atoms with Crippen LogP contribution in [0.5, 0.6) is 11.5 Å². The van der Waals surface area contributed by atoms with Crippen LogP contribution in [0.4, 0.5) is 0 Å². The van der Waals surface area contributed by atoms with Gasteiger partial charge >= 0.3 is 0 Å². The van der Waals surface area contributed by atoms with Crippen LogP contribution in [0.1, 0.15) is 18.0 Å². The van der Waals surface area contributed by atoms with E-state index in [-0.39, 0.29) is 30.9 Å². The lowest BCUT2D eigenvalue weighted by atomic mass is 9.98. The van der Waals surface area contributed by atoms with Crippen molar-refractivity contribution >= 4 is 24.8 Å². The molecule has 0 radical (unpaired) electrons. The van der Waals surface area contributed by atoms with E-state index >= 15 is 0 Å². The second kappa shape index (κ2) is 10.7. The van der Waals surface area contributed by atoms with Crippen LogP contribution in [0.2, 0.25) is 0 Å². The lowest BCUT2D eigenvalue weighted by Gasteiger charge is -2.35. The van der Waals surface area contributed by atoms with E-state index in [0.717, 1.165) is 49.7 Å². The fourth-order valence-electron chi connectivity index (χ4n) is 2.81. The van der Waals surface area contributed by atoms with Crippen molar-refractivity contribution in [2.75, 3.05) is 40.4 Å². The van der Waals surface area contributed by atoms with Gasteiger partial charge < -0.3 is 14.8 Å². The summed E-state index contributed by atoms with van der Waals surface area (Å²) in [5.41, 5.74) is 1.12. The van der Waals surface area contributed by atoms with Gasteiger partial charge in [-0.25, -0.2) is 0 Å². The van der Waals surface area contributed by atoms with Gasteiger partial charge in [0.15, 0.2) is 0 Å². The van der Waals surface area contributed by atoms with Crippen molar-refractivity contribution in [3.63, 3.8) is 0 Å². The quantitative estimate of drug-likeness (QED) is 0.801. The molecule has 6 heteroatoms. The molecular formula is C16H26Cl2N2O2. The van der Waals surface area contributed by atoms with Crippen molar-refractivity contribution in [1.82, 2.24) is 10.2 Å². The number of hydrogen-bond acceptors (Lipinski definition) is 4. The van der Waals surface area contributed by atoms with E-state index in [1.54, 1.807) is 14.2 Å². The van der Waals surface area contributed by atoms with Gasteiger partial charge in [0, 0.05) is 32.2 Å². The zero-order chi connectivity index (χ0) is 14.4. The van der Waals surface area contributed by atoms with E-state index in [2.05, 4.69) is 16.8 Å². The van der Waals surface area contributed by atoms with Crippen LogP contribution >= 0.6 is 24.8 Å². The molecule has 1 N–H and O–H groups in total. The van der Waals surface area contributed by atoms with Crippen molar-refractivity contribution in [1.29, 1.82) is 0 Å². The predicted molar refractivity (Wildman–Crippen MR) is 96.0 cm³/mol. The highest BCUT2D eigenvalue weighted by Gasteiger charge is 2.26. The maximum atomic E-state index is 5.55. The van der Waals surface area contributed by atoms with Gasteiger partial charge in [0.1, 0.15) is 11.5 Å². The van der Waals surface area contributed by atoms with Crippen molar-refractivity contribution in [3.8, 4) is 11.5 Å². The minimum atomic E-state index is 0. The Balaban J connectivity index is 0.00000220. The zero-order valence-corrected chi connectivity index (χ0v) is 14.8. The molecule has 1 aromatic carbocycles. The van der Waals surface area contributed by atoms with Gasteiger partial charge in [-0.05, 0) is 18.6 Å². The molecule has 2 rings (SSSR count). The first-order chi connectivity index (χ1) is 9.81. The number of methoxy groups -OCH3 is 2. The van der Waals surface area contributed by atoms with E-state index in [1.165, 1.54) is 0 Å². The van der Waals surface area contributed by atoms with Gasteiger partial charge in [0.25, 0.3) is 0 Å². The van der Waals surface area contributed by atoms with Gasteiger partial charge in [0.2, 0.25) is 0 Å². The lowest BCUT2D eigenvalue weighted by Crippen LogP contribution is -2.45. The second-order valence-electron chi connectivity index (χ2n) is 4.90. The molecule has 1 aliphatic heterocycles. The number of rotatable bonds is 6. The highest BCUT2D eigenvalue weighted by molar-refractivity contribution is 5.85. The average Bonchev–Trinajstić information content (AvgIpc) is 2.52. The van der Waals surface area contributed by atoms with E-state index in [0.29, 0.717) is 0 Å². The summed E-state index contributed by atoms with van der Waals surface area (Å²) in [4.78, 5) is 2.47. The first-order valence-electron chi connectivity index (χ1n) is 7.08. The third kappa shape index (κ3) is 4.78. The van der Waals surface area contributed by atoms with E-state index < -0.39 is 0 Å². The Kier molecular flexibility index (Phi) is 10.3. The summed E-state index contributed by atoms with van der Waals surface area (Å²) in [6.45, 7) is 8.00. The Bertz CT molecular complexity index is 430. The summed E-state index contributed by atoms with van der Waals surface area (Å²) in [5, 5.41) is 3.39. The summed E-state index contributed by atoms with van der Waals surface area (Å²) < 4.78 is 11.1. The molecule has 0 unspecified atom stereocenters. The summed E-state index contributed by atoms with van der Waals surface area (Å²) in [7, 11) is 3.42. The molecule has 0 spiro atoms. The van der Waals surface area contributed by atoms with E-state index in [4.69, 9.17) is 9.47 Å². The maximum absolute atomic E-state index is 5.55. The third-order valence-electron chi connectivity index (χ3n) is 3.78. The molecule has 0 aliphatic carbocycles. The summed E-state index contributed by atoms with van der Waals surface area (Å²) in [5.74, 6) is 1.77. The number of nitrogens with one attached hydrogen (secondary N) is 1. The van der Waals surface area contributed by atoms with Crippen LogP contribution in [0, 0.1) is 0 Å². The van der Waals surface area contributed by atoms with Crippen LogP contribution in [-0.2, 0) is 0 Å². The number of halogens is 2. The molecule has 22 heavy (non-hydrogen) atoms. The van der Waals surface area contributed by atoms with Crippen LogP contribution < -0.4 is 14.8 Å². The zero-order valence-electron chi connectivity index (χ0n) is 13.2. The molecule has 1 atom stereocenters. The topological polar surface area (TPSA) is 33.7 Å². The Hall–Kier alpha value is -0.940. The minimum absolute atomic E-state index is 0. The molecule has 4 nitrogen and oxygen atoms in total. The fraction of sp³-hybridized carbons (Fsp3) is 0.500. The smallest absolute Gasteiger partial charge is 0.127 e. The van der Waals surface area contributed by atoms with Gasteiger partial charge in [-0.2, -0.15) is 0 Å². The Morgan fingerprint density at radius 2 is 1.73 bits per heavy atom. The normalized spacial score (nSPS) is 15.9. The molecule has 0 saturated carbocycles. The second-order valence-corrected chi connectivity index (χ2v) is 4.90. The lowest BCUT2D eigenvalue weighted by molar-refractivity contribution is 0.168. The largest absolute Gasteiger partial charge is 0.496 e. The fourth-order valence-corrected chi connectivity index (χ4v) is 2.81. The van der Waals surface area contributed by atoms with Crippen molar-refractivity contribution in [3.05, 3.63) is 36.4 Å². The predicted octanol–water partition coefficient (Wildman–Crippen LogP) is 3.07. The monoisotopic (exact) mass is 348 g/mol. The SMILES string of the molecule is C=CC[C@@H](c1c(OC)cccc1OC)N1CCNCC1.Cl.Cl. The van der Waals surface area contributed by atoms with Gasteiger partial charge in [0.05, 0.1) is 19.8 Å². The molecule has 1 aliphatic rings. The van der Waals surface area contributed by atoms with Gasteiger partial charge in [-0.1, -0.05) is 12.1 Å².